The van der Waals surface area contributed by atoms with E-state index in [1.54, 1.807) is 30.6 Å². The predicted molar refractivity (Wildman–Crippen MR) is 108 cm³/mol. The van der Waals surface area contributed by atoms with Crippen molar-refractivity contribution >= 4 is 45.9 Å². The van der Waals surface area contributed by atoms with E-state index in [9.17, 15) is 9.59 Å². The zero-order valence-electron chi connectivity index (χ0n) is 15.4. The van der Waals surface area contributed by atoms with Gasteiger partial charge in [-0.05, 0) is 41.1 Å². The fourth-order valence-electron chi connectivity index (χ4n) is 3.60. The van der Waals surface area contributed by atoms with Crippen molar-refractivity contribution < 1.29 is 24.1 Å². The highest BCUT2D eigenvalue weighted by Gasteiger charge is 2.49. The summed E-state index contributed by atoms with van der Waals surface area (Å²) < 4.78 is 7.35. The number of aliphatic carboxylic acids is 1. The van der Waals surface area contributed by atoms with Gasteiger partial charge in [-0.15, -0.1) is 0 Å². The number of nitrogens with zero attached hydrogens (tertiary/aromatic N) is 4. The van der Waals surface area contributed by atoms with Gasteiger partial charge in [-0.2, -0.15) is 0 Å². The number of hydrogen-bond donors (Lipinski definition) is 1. The first-order chi connectivity index (χ1) is 14.5. The van der Waals surface area contributed by atoms with E-state index < -0.39 is 18.0 Å². The maximum atomic E-state index is 12.8. The molecule has 5 rings (SSSR count). The van der Waals surface area contributed by atoms with Crippen LogP contribution >= 0.6 is 11.6 Å². The summed E-state index contributed by atoms with van der Waals surface area (Å²) in [6.45, 7) is 0. The molecule has 2 aliphatic rings. The lowest BCUT2D eigenvalue weighted by Crippen LogP contribution is -2.33. The monoisotopic (exact) mass is 421 g/mol. The zero-order valence-corrected chi connectivity index (χ0v) is 16.2. The van der Waals surface area contributed by atoms with Crippen molar-refractivity contribution in [1.82, 2.24) is 9.97 Å². The summed E-state index contributed by atoms with van der Waals surface area (Å²) in [4.78, 5) is 32.4. The lowest BCUT2D eigenvalue weighted by molar-refractivity contribution is -0.451. The van der Waals surface area contributed by atoms with Gasteiger partial charge in [0.15, 0.2) is 5.71 Å². The summed E-state index contributed by atoms with van der Waals surface area (Å²) in [5, 5.41) is 14.0. The second kappa shape index (κ2) is 7.00. The molecule has 1 aromatic heterocycles. The van der Waals surface area contributed by atoms with Gasteiger partial charge < -0.3 is 9.84 Å². The summed E-state index contributed by atoms with van der Waals surface area (Å²) in [5.41, 5.74) is 3.91. The van der Waals surface area contributed by atoms with Gasteiger partial charge in [-0.1, -0.05) is 11.6 Å². The number of halogens is 1. The molecule has 0 spiro atoms. The minimum absolute atomic E-state index is 0.177. The van der Waals surface area contributed by atoms with Crippen LogP contribution in [0.25, 0.3) is 11.0 Å². The summed E-state index contributed by atoms with van der Waals surface area (Å²) in [5.74, 6) is -0.885. The van der Waals surface area contributed by atoms with Crippen LogP contribution in [0.5, 0.6) is 5.75 Å². The topological polar surface area (TPSA) is 105 Å². The Bertz CT molecular complexity index is 1300. The van der Waals surface area contributed by atoms with E-state index in [0.717, 1.165) is 5.56 Å². The number of hydrazone groups is 1. The van der Waals surface area contributed by atoms with E-state index >= 15 is 0 Å². The van der Waals surface area contributed by atoms with E-state index in [1.165, 1.54) is 4.68 Å². The molecule has 30 heavy (non-hydrogen) atoms. The summed E-state index contributed by atoms with van der Waals surface area (Å²) >= 11 is 6.09. The number of hydrogen-bond acceptors (Lipinski definition) is 6. The second-order valence-electron chi connectivity index (χ2n) is 6.87. The van der Waals surface area contributed by atoms with E-state index in [-0.39, 0.29) is 12.8 Å². The van der Waals surface area contributed by atoms with Gasteiger partial charge in [0.05, 0.1) is 29.4 Å². The first-order valence-electron chi connectivity index (χ1n) is 9.19. The number of rotatable bonds is 4. The Morgan fingerprint density at radius 2 is 1.87 bits per heavy atom. The fourth-order valence-corrected chi connectivity index (χ4v) is 3.76. The fraction of sp³-hybridized carbons (Fsp3) is 0.143. The molecular weight excluding hydrogens is 408 g/mol. The van der Waals surface area contributed by atoms with Crippen molar-refractivity contribution in [3.05, 3.63) is 64.9 Å². The highest BCUT2D eigenvalue weighted by atomic mass is 35.5. The van der Waals surface area contributed by atoms with Gasteiger partial charge in [0.1, 0.15) is 5.75 Å². The van der Waals surface area contributed by atoms with Crippen molar-refractivity contribution in [2.75, 3.05) is 0 Å². The molecule has 0 saturated carbocycles. The molecule has 0 saturated heterocycles. The number of carbonyl (C=O) groups excluding carboxylic acids is 1. The molecule has 2 aliphatic heterocycles. The average Bonchev–Trinajstić information content (AvgIpc) is 3.27. The van der Waals surface area contributed by atoms with Crippen LogP contribution in [0.1, 0.15) is 24.0 Å². The first kappa shape index (κ1) is 18.4. The van der Waals surface area contributed by atoms with Crippen molar-refractivity contribution in [3.63, 3.8) is 0 Å². The van der Waals surface area contributed by atoms with E-state index in [2.05, 4.69) is 15.1 Å². The molecule has 1 atom stereocenters. The third kappa shape index (κ3) is 3.02. The van der Waals surface area contributed by atoms with Crippen LogP contribution in [-0.2, 0) is 9.59 Å². The van der Waals surface area contributed by atoms with Crippen molar-refractivity contribution in [2.45, 2.75) is 18.9 Å². The zero-order chi connectivity index (χ0) is 20.8. The molecule has 1 amide bonds. The summed E-state index contributed by atoms with van der Waals surface area (Å²) in [6.07, 6.45) is 2.13. The minimum atomic E-state index is -1.05. The van der Waals surface area contributed by atoms with Gasteiger partial charge in [-0.3, -0.25) is 14.8 Å². The SMILES string of the molecule is O=C(O)CCC(=O)[N+]1=C(c2ccc3nccnc3c2)C2Oc3cc(Cl)ccc3C2=N1. The number of carbonyl (C=O) groups is 2. The molecule has 0 radical (unpaired) electrons. The van der Waals surface area contributed by atoms with Crippen LogP contribution in [0.15, 0.2) is 53.9 Å². The molecule has 3 heterocycles. The van der Waals surface area contributed by atoms with Crippen LogP contribution in [0.4, 0.5) is 0 Å². The largest absolute Gasteiger partial charge is 0.481 e. The van der Waals surface area contributed by atoms with E-state index in [1.807, 2.05) is 18.2 Å². The molecular formula is C21H14ClN4O4+. The highest BCUT2D eigenvalue weighted by Crippen LogP contribution is 2.36. The Kier molecular flexibility index (Phi) is 4.29. The molecule has 1 N–H and O–H groups in total. The Hall–Kier alpha value is -3.65. The van der Waals surface area contributed by atoms with Crippen LogP contribution in [0, 0.1) is 0 Å². The number of aromatic nitrogens is 2. The third-order valence-corrected chi connectivity index (χ3v) is 5.19. The number of fused-ring (bicyclic) bond motifs is 4. The van der Waals surface area contributed by atoms with E-state index in [0.29, 0.717) is 38.8 Å². The Morgan fingerprint density at radius 3 is 2.67 bits per heavy atom. The minimum Gasteiger partial charge on any atom is -0.481 e. The maximum absolute atomic E-state index is 12.8. The third-order valence-electron chi connectivity index (χ3n) is 4.95. The number of carboxylic acid groups (broad SMARTS) is 1. The van der Waals surface area contributed by atoms with Crippen molar-refractivity contribution in [2.24, 2.45) is 5.10 Å². The molecule has 1 unspecified atom stereocenters. The molecule has 2 aromatic carbocycles. The number of carboxylic acids is 1. The Labute approximate surface area is 175 Å². The average molecular weight is 422 g/mol. The molecule has 8 nitrogen and oxygen atoms in total. The lowest BCUT2D eigenvalue weighted by atomic mass is 9.99. The van der Waals surface area contributed by atoms with Crippen molar-refractivity contribution in [3.8, 4) is 5.75 Å². The number of amides is 1. The standard InChI is InChI=1S/C21H13ClN4O4/c22-12-2-3-13-16(10-12)30-21-19(13)25-26(17(27)5-6-18(28)29)20(21)11-1-4-14-15(9-11)24-8-7-23-14/h1-4,7-10,21H,5-6H2/p+1. The molecule has 0 bridgehead atoms. The molecule has 148 valence electrons. The quantitative estimate of drug-likeness (QED) is 0.649. The molecule has 3 aromatic rings. The van der Waals surface area contributed by atoms with E-state index in [4.69, 9.17) is 21.4 Å². The lowest BCUT2D eigenvalue weighted by Gasteiger charge is -2.07. The van der Waals surface area contributed by atoms with Gasteiger partial charge in [0.25, 0.3) is 5.71 Å². The van der Waals surface area contributed by atoms with Crippen LogP contribution in [0.3, 0.4) is 0 Å². The summed E-state index contributed by atoms with van der Waals surface area (Å²) in [6, 6.07) is 10.7. The van der Waals surface area contributed by atoms with Crippen LogP contribution < -0.4 is 4.74 Å². The van der Waals surface area contributed by atoms with Gasteiger partial charge in [0, 0.05) is 28.1 Å². The smallest absolute Gasteiger partial charge is 0.418 e. The predicted octanol–water partition coefficient (Wildman–Crippen LogP) is 2.66. The molecule has 9 heteroatoms. The van der Waals surface area contributed by atoms with Crippen molar-refractivity contribution in [1.29, 1.82) is 0 Å². The highest BCUT2D eigenvalue weighted by molar-refractivity contribution is 6.31. The second-order valence-corrected chi connectivity index (χ2v) is 7.30. The normalized spacial score (nSPS) is 16.8. The van der Waals surface area contributed by atoms with Crippen LogP contribution in [0.2, 0.25) is 5.02 Å². The van der Waals surface area contributed by atoms with Gasteiger partial charge in [-0.25, -0.2) is 4.79 Å². The number of benzene rings is 2. The molecule has 0 fully saturated rings. The van der Waals surface area contributed by atoms with Crippen LogP contribution in [-0.4, -0.2) is 49.2 Å². The molecule has 0 aliphatic carbocycles. The van der Waals surface area contributed by atoms with Gasteiger partial charge in [0.2, 0.25) is 6.10 Å². The Morgan fingerprint density at radius 1 is 1.07 bits per heavy atom. The maximum Gasteiger partial charge on any atom is 0.418 e. The Balaban J connectivity index is 1.63. The first-order valence-corrected chi connectivity index (χ1v) is 9.57. The van der Waals surface area contributed by atoms with Gasteiger partial charge >= 0.3 is 11.9 Å². The number of ether oxygens (including phenoxy) is 1. The summed E-state index contributed by atoms with van der Waals surface area (Å²) in [7, 11) is 0.